The number of benzene rings is 1. The molecule has 0 bridgehead atoms. The average molecular weight is 276 g/mol. The zero-order valence-electron chi connectivity index (χ0n) is 10.8. The molecule has 6 heteroatoms. The minimum atomic E-state index is -0.563. The number of aromatic nitrogens is 1. The van der Waals surface area contributed by atoms with E-state index < -0.39 is 6.03 Å². The fourth-order valence-electron chi connectivity index (χ4n) is 1.70. The highest BCUT2D eigenvalue weighted by molar-refractivity contribution is 7.09. The molecule has 0 radical (unpaired) electrons. The van der Waals surface area contributed by atoms with Gasteiger partial charge in [0.05, 0.1) is 16.7 Å². The van der Waals surface area contributed by atoms with Gasteiger partial charge in [0, 0.05) is 16.8 Å². The van der Waals surface area contributed by atoms with Crippen LogP contribution in [0.3, 0.4) is 0 Å². The van der Waals surface area contributed by atoms with E-state index in [1.54, 1.807) is 23.5 Å². The van der Waals surface area contributed by atoms with Crippen LogP contribution in [-0.2, 0) is 0 Å². The molecule has 19 heavy (non-hydrogen) atoms. The van der Waals surface area contributed by atoms with Crippen LogP contribution in [0, 0.1) is 6.92 Å². The fraction of sp³-hybridized carbons (Fsp3) is 0.231. The van der Waals surface area contributed by atoms with Gasteiger partial charge in [-0.3, -0.25) is 0 Å². The third kappa shape index (κ3) is 3.69. The quantitative estimate of drug-likeness (QED) is 0.802. The Morgan fingerprint density at radius 1 is 1.32 bits per heavy atom. The van der Waals surface area contributed by atoms with Gasteiger partial charge in [0.1, 0.15) is 0 Å². The highest BCUT2D eigenvalue weighted by atomic mass is 32.1. The Hall–Kier alpha value is -2.08. The summed E-state index contributed by atoms with van der Waals surface area (Å²) < 4.78 is 0. The summed E-state index contributed by atoms with van der Waals surface area (Å²) in [6, 6.07) is 6.95. The SMILES string of the molecule is Cc1nc(C(C)Nc2ccc(NC(N)=O)cc2)cs1. The van der Waals surface area contributed by atoms with Gasteiger partial charge in [-0.2, -0.15) is 0 Å². The third-order valence-corrected chi connectivity index (χ3v) is 3.41. The maximum absolute atomic E-state index is 10.7. The Bertz CT molecular complexity index is 564. The van der Waals surface area contributed by atoms with Crippen molar-refractivity contribution in [2.75, 3.05) is 10.6 Å². The van der Waals surface area contributed by atoms with Crippen LogP contribution >= 0.6 is 11.3 Å². The molecule has 1 aromatic carbocycles. The molecule has 1 atom stereocenters. The number of carbonyl (C=O) groups is 1. The molecule has 2 rings (SSSR count). The first kappa shape index (κ1) is 13.4. The number of carbonyl (C=O) groups excluding carboxylic acids is 1. The van der Waals surface area contributed by atoms with Crippen molar-refractivity contribution < 1.29 is 4.79 Å². The van der Waals surface area contributed by atoms with Gasteiger partial charge in [-0.25, -0.2) is 9.78 Å². The Morgan fingerprint density at radius 3 is 2.47 bits per heavy atom. The maximum Gasteiger partial charge on any atom is 0.316 e. The van der Waals surface area contributed by atoms with Crippen LogP contribution in [0.25, 0.3) is 0 Å². The normalized spacial score (nSPS) is 11.9. The van der Waals surface area contributed by atoms with Crippen molar-refractivity contribution >= 4 is 28.7 Å². The number of urea groups is 1. The topological polar surface area (TPSA) is 80.0 Å². The fourth-order valence-corrected chi connectivity index (χ4v) is 2.40. The largest absolute Gasteiger partial charge is 0.377 e. The molecule has 0 fully saturated rings. The molecule has 2 aromatic rings. The van der Waals surface area contributed by atoms with Crippen LogP contribution in [-0.4, -0.2) is 11.0 Å². The molecule has 0 saturated carbocycles. The molecule has 0 spiro atoms. The summed E-state index contributed by atoms with van der Waals surface area (Å²) in [6.45, 7) is 4.05. The van der Waals surface area contributed by atoms with E-state index in [-0.39, 0.29) is 6.04 Å². The number of primary amides is 1. The number of hydrogen-bond donors (Lipinski definition) is 3. The van der Waals surface area contributed by atoms with Gasteiger partial charge >= 0.3 is 6.03 Å². The number of rotatable bonds is 4. The standard InChI is InChI=1S/C13H16N4OS/c1-8(12-7-19-9(2)16-12)15-10-3-5-11(6-4-10)17-13(14)18/h3-8,15H,1-2H3,(H3,14,17,18). The van der Waals surface area contributed by atoms with E-state index in [2.05, 4.69) is 27.9 Å². The van der Waals surface area contributed by atoms with Crippen LogP contribution < -0.4 is 16.4 Å². The van der Waals surface area contributed by atoms with Gasteiger partial charge in [-0.15, -0.1) is 11.3 Å². The number of nitrogens with zero attached hydrogens (tertiary/aromatic N) is 1. The summed E-state index contributed by atoms with van der Waals surface area (Å²) in [5.74, 6) is 0. The molecular weight excluding hydrogens is 260 g/mol. The zero-order chi connectivity index (χ0) is 13.8. The summed E-state index contributed by atoms with van der Waals surface area (Å²) in [6.07, 6.45) is 0. The lowest BCUT2D eigenvalue weighted by atomic mass is 10.2. The summed E-state index contributed by atoms with van der Waals surface area (Å²) in [4.78, 5) is 15.2. The van der Waals surface area contributed by atoms with Gasteiger partial charge in [0.25, 0.3) is 0 Å². The van der Waals surface area contributed by atoms with E-state index in [9.17, 15) is 4.79 Å². The average Bonchev–Trinajstić information content (AvgIpc) is 2.78. The molecule has 0 aliphatic heterocycles. The highest BCUT2D eigenvalue weighted by Crippen LogP contribution is 2.21. The van der Waals surface area contributed by atoms with Crippen molar-refractivity contribution in [1.82, 2.24) is 4.98 Å². The summed E-state index contributed by atoms with van der Waals surface area (Å²) in [5.41, 5.74) is 7.72. The molecule has 0 saturated heterocycles. The number of aryl methyl sites for hydroxylation is 1. The van der Waals surface area contributed by atoms with Crippen LogP contribution in [0.4, 0.5) is 16.2 Å². The highest BCUT2D eigenvalue weighted by Gasteiger charge is 2.08. The molecule has 5 nitrogen and oxygen atoms in total. The summed E-state index contributed by atoms with van der Waals surface area (Å²) in [5, 5.41) is 8.98. The van der Waals surface area contributed by atoms with Crippen molar-refractivity contribution in [2.45, 2.75) is 19.9 Å². The number of nitrogens with two attached hydrogens (primary N) is 1. The second-order valence-electron chi connectivity index (χ2n) is 4.22. The number of amides is 2. The monoisotopic (exact) mass is 276 g/mol. The Kier molecular flexibility index (Phi) is 4.01. The Labute approximate surface area is 115 Å². The van der Waals surface area contributed by atoms with Crippen molar-refractivity contribution in [3.63, 3.8) is 0 Å². The minimum Gasteiger partial charge on any atom is -0.377 e. The van der Waals surface area contributed by atoms with Gasteiger partial charge in [-0.1, -0.05) is 0 Å². The van der Waals surface area contributed by atoms with Gasteiger partial charge in [0.2, 0.25) is 0 Å². The van der Waals surface area contributed by atoms with E-state index in [1.165, 1.54) is 0 Å². The summed E-state index contributed by atoms with van der Waals surface area (Å²) >= 11 is 1.64. The second-order valence-corrected chi connectivity index (χ2v) is 5.29. The van der Waals surface area contributed by atoms with Crippen LogP contribution in [0.2, 0.25) is 0 Å². The lowest BCUT2D eigenvalue weighted by molar-refractivity contribution is 0.259. The van der Waals surface area contributed by atoms with Gasteiger partial charge in [0.15, 0.2) is 0 Å². The van der Waals surface area contributed by atoms with E-state index in [1.807, 2.05) is 19.1 Å². The van der Waals surface area contributed by atoms with E-state index >= 15 is 0 Å². The van der Waals surface area contributed by atoms with E-state index in [0.29, 0.717) is 5.69 Å². The van der Waals surface area contributed by atoms with Crippen molar-refractivity contribution in [1.29, 1.82) is 0 Å². The Balaban J connectivity index is 2.01. The lowest BCUT2D eigenvalue weighted by Gasteiger charge is -2.13. The molecule has 2 amide bonds. The molecule has 0 aliphatic rings. The van der Waals surface area contributed by atoms with E-state index in [0.717, 1.165) is 16.4 Å². The third-order valence-electron chi connectivity index (χ3n) is 2.62. The number of nitrogens with one attached hydrogen (secondary N) is 2. The molecule has 1 aromatic heterocycles. The molecule has 0 aliphatic carbocycles. The van der Waals surface area contributed by atoms with Gasteiger partial charge in [-0.05, 0) is 38.1 Å². The number of hydrogen-bond acceptors (Lipinski definition) is 4. The molecule has 4 N–H and O–H groups in total. The van der Waals surface area contributed by atoms with Crippen LogP contribution in [0.5, 0.6) is 0 Å². The smallest absolute Gasteiger partial charge is 0.316 e. The molecular formula is C13H16N4OS. The first-order valence-corrected chi connectivity index (χ1v) is 6.77. The maximum atomic E-state index is 10.7. The number of anilines is 2. The van der Waals surface area contributed by atoms with Crippen molar-refractivity contribution in [3.05, 3.63) is 40.3 Å². The molecule has 1 heterocycles. The zero-order valence-corrected chi connectivity index (χ0v) is 11.6. The van der Waals surface area contributed by atoms with Crippen molar-refractivity contribution in [3.8, 4) is 0 Å². The molecule has 1 unspecified atom stereocenters. The summed E-state index contributed by atoms with van der Waals surface area (Å²) in [7, 11) is 0. The lowest BCUT2D eigenvalue weighted by Crippen LogP contribution is -2.19. The van der Waals surface area contributed by atoms with E-state index in [4.69, 9.17) is 5.73 Å². The van der Waals surface area contributed by atoms with Crippen LogP contribution in [0.15, 0.2) is 29.6 Å². The van der Waals surface area contributed by atoms with Crippen molar-refractivity contribution in [2.24, 2.45) is 5.73 Å². The predicted octanol–water partition coefficient (Wildman–Crippen LogP) is 3.12. The molecule has 100 valence electrons. The van der Waals surface area contributed by atoms with Gasteiger partial charge < -0.3 is 16.4 Å². The first-order valence-electron chi connectivity index (χ1n) is 5.89. The van der Waals surface area contributed by atoms with Crippen LogP contribution in [0.1, 0.15) is 23.7 Å². The second kappa shape index (κ2) is 5.71. The Morgan fingerprint density at radius 2 is 1.95 bits per heavy atom. The first-order chi connectivity index (χ1) is 9.04. The number of thiazole rings is 1. The minimum absolute atomic E-state index is 0.139. The predicted molar refractivity (Wildman–Crippen MR) is 78.5 cm³/mol.